The molecule has 0 amide bonds. The molecule has 0 aromatic carbocycles. The van der Waals surface area contributed by atoms with E-state index in [4.69, 9.17) is 4.74 Å². The van der Waals surface area contributed by atoms with Gasteiger partial charge in [0.05, 0.1) is 11.7 Å². The summed E-state index contributed by atoms with van der Waals surface area (Å²) < 4.78 is 6.25. The van der Waals surface area contributed by atoms with Gasteiger partial charge in [-0.3, -0.25) is 0 Å². The summed E-state index contributed by atoms with van der Waals surface area (Å²) in [5, 5.41) is 20.8. The number of aliphatic hydroxyl groups excluding tert-OH is 1. The molecular formula is C41H58O3. The van der Waals surface area contributed by atoms with Crippen LogP contribution in [0.1, 0.15) is 95.4 Å². The van der Waals surface area contributed by atoms with Crippen LogP contribution in [0.25, 0.3) is 0 Å². The maximum Gasteiger partial charge on any atom is 0.121 e. The van der Waals surface area contributed by atoms with Crippen molar-refractivity contribution in [3.8, 4) is 0 Å². The van der Waals surface area contributed by atoms with Crippen molar-refractivity contribution in [2.45, 2.75) is 118 Å². The Morgan fingerprint density at radius 1 is 0.750 bits per heavy atom. The van der Waals surface area contributed by atoms with E-state index in [2.05, 4.69) is 154 Å². The fraction of sp³-hybridized carbons (Fsp3) is 0.512. The number of hydrogen-bond acceptors (Lipinski definition) is 3. The highest BCUT2D eigenvalue weighted by Gasteiger charge is 2.74. The van der Waals surface area contributed by atoms with Crippen LogP contribution in [-0.2, 0) is 4.74 Å². The first-order chi connectivity index (χ1) is 20.3. The van der Waals surface area contributed by atoms with E-state index >= 15 is 0 Å². The quantitative estimate of drug-likeness (QED) is 0.149. The Balaban J connectivity index is 1.50. The number of epoxide rings is 1. The summed E-state index contributed by atoms with van der Waals surface area (Å²) in [6.45, 7) is 23.5. The predicted molar refractivity (Wildman–Crippen MR) is 188 cm³/mol. The molecule has 0 radical (unpaired) electrons. The summed E-state index contributed by atoms with van der Waals surface area (Å²) in [6.07, 6.45) is 33.8. The molecular weight excluding hydrogens is 540 g/mol. The lowest BCUT2D eigenvalue weighted by molar-refractivity contribution is 0.0345. The lowest BCUT2D eigenvalue weighted by atomic mass is 9.63. The molecule has 1 saturated heterocycles. The summed E-state index contributed by atoms with van der Waals surface area (Å²) in [5.74, 6) is 0.324. The number of ether oxygens (including phenoxy) is 1. The van der Waals surface area contributed by atoms with Crippen LogP contribution in [0.5, 0.6) is 0 Å². The molecule has 0 aromatic rings. The van der Waals surface area contributed by atoms with Gasteiger partial charge in [0, 0.05) is 17.8 Å². The van der Waals surface area contributed by atoms with E-state index in [-0.39, 0.29) is 28.1 Å². The summed E-state index contributed by atoms with van der Waals surface area (Å²) in [7, 11) is 0. The van der Waals surface area contributed by atoms with Crippen LogP contribution in [0.4, 0.5) is 0 Å². The van der Waals surface area contributed by atoms with E-state index in [0.29, 0.717) is 12.3 Å². The van der Waals surface area contributed by atoms with E-state index in [1.54, 1.807) is 0 Å². The van der Waals surface area contributed by atoms with E-state index in [9.17, 15) is 10.2 Å². The normalized spacial score (nSPS) is 35.0. The van der Waals surface area contributed by atoms with Gasteiger partial charge in [-0.2, -0.15) is 0 Å². The Bertz CT molecular complexity index is 1360. The zero-order valence-electron chi connectivity index (χ0n) is 29.2. The van der Waals surface area contributed by atoms with Crippen molar-refractivity contribution < 1.29 is 14.9 Å². The minimum absolute atomic E-state index is 0.0171. The van der Waals surface area contributed by atoms with E-state index in [1.807, 2.05) is 13.0 Å². The van der Waals surface area contributed by atoms with Crippen LogP contribution in [0.2, 0.25) is 0 Å². The van der Waals surface area contributed by atoms with E-state index < -0.39 is 5.60 Å². The SMILES string of the molecule is CC1=C[C@](C)(O)CC(C)(C)[C@@H]1/C=C/C(C)=C/C=C/C(C)=C\C=C\C=C(C)\C=C\C=C(C)\C=C\[C@]12O[C@]1(C)C[C@@H](O)CC2(C)C. The van der Waals surface area contributed by atoms with Crippen LogP contribution in [0, 0.1) is 16.7 Å². The number of aliphatic hydroxyl groups is 2. The van der Waals surface area contributed by atoms with E-state index in [1.165, 1.54) is 27.9 Å². The molecule has 240 valence electrons. The molecule has 44 heavy (non-hydrogen) atoms. The smallest absolute Gasteiger partial charge is 0.121 e. The van der Waals surface area contributed by atoms with Gasteiger partial charge in [-0.05, 0) is 72.8 Å². The average Bonchev–Trinajstić information content (AvgIpc) is 3.49. The van der Waals surface area contributed by atoms with Gasteiger partial charge < -0.3 is 14.9 Å². The Morgan fingerprint density at radius 2 is 1.25 bits per heavy atom. The third-order valence-corrected chi connectivity index (χ3v) is 9.59. The molecule has 1 saturated carbocycles. The molecule has 0 aromatic heterocycles. The molecule has 0 bridgehead atoms. The van der Waals surface area contributed by atoms with Crippen LogP contribution in [0.15, 0.2) is 119 Å². The second-order valence-electron chi connectivity index (χ2n) is 15.3. The maximum absolute atomic E-state index is 10.5. The van der Waals surface area contributed by atoms with Crippen LogP contribution < -0.4 is 0 Å². The number of hydrogen-bond donors (Lipinski definition) is 2. The molecule has 3 heteroatoms. The first-order valence-corrected chi connectivity index (χ1v) is 16.2. The van der Waals surface area contributed by atoms with Crippen molar-refractivity contribution in [3.63, 3.8) is 0 Å². The summed E-state index contributed by atoms with van der Waals surface area (Å²) in [6, 6.07) is 0. The molecule has 0 spiro atoms. The van der Waals surface area contributed by atoms with Crippen molar-refractivity contribution in [1.29, 1.82) is 0 Å². The lowest BCUT2D eigenvalue weighted by Gasteiger charge is -2.43. The minimum atomic E-state index is -0.724. The van der Waals surface area contributed by atoms with Crippen LogP contribution in [0.3, 0.4) is 0 Å². The van der Waals surface area contributed by atoms with Gasteiger partial charge in [-0.15, -0.1) is 0 Å². The first kappa shape index (κ1) is 35.8. The van der Waals surface area contributed by atoms with Gasteiger partial charge in [0.2, 0.25) is 0 Å². The highest BCUT2D eigenvalue weighted by Crippen LogP contribution is 2.66. The molecule has 2 N–H and O–H groups in total. The zero-order chi connectivity index (χ0) is 33.0. The largest absolute Gasteiger partial charge is 0.393 e. The fourth-order valence-electron chi connectivity index (χ4n) is 7.60. The van der Waals surface area contributed by atoms with Crippen LogP contribution in [-0.4, -0.2) is 33.1 Å². The van der Waals surface area contributed by atoms with Gasteiger partial charge in [0.25, 0.3) is 0 Å². The molecule has 3 rings (SSSR count). The number of allylic oxidation sites excluding steroid dienone is 18. The molecule has 1 heterocycles. The standard InChI is InChI=1S/C41H58O3/c1-30(18-14-20-32(3)22-23-36-34(5)26-39(10,43)29-37(36,6)7)16-12-13-17-31(2)19-15-21-33(4)24-25-41-38(8,9)27-35(42)28-40(41,11)44-41/h12-26,35-36,42-43H,27-29H2,1-11H3/b13-12+,18-14+,19-15+,23-22+,25-24+,30-16-,31-17+,32-20+,33-21+/t35-,36+,39-,40+,41+/m0/s1. The van der Waals surface area contributed by atoms with Gasteiger partial charge in [0.15, 0.2) is 0 Å². The maximum atomic E-state index is 10.5. The summed E-state index contributed by atoms with van der Waals surface area (Å²) >= 11 is 0. The number of rotatable bonds is 10. The minimum Gasteiger partial charge on any atom is -0.393 e. The lowest BCUT2D eigenvalue weighted by Crippen LogP contribution is -2.46. The molecule has 3 aliphatic rings. The van der Waals surface area contributed by atoms with Crippen molar-refractivity contribution >= 4 is 0 Å². The third kappa shape index (κ3) is 8.93. The topological polar surface area (TPSA) is 53.0 Å². The van der Waals surface area contributed by atoms with Gasteiger partial charge in [-0.1, -0.05) is 141 Å². The van der Waals surface area contributed by atoms with Gasteiger partial charge >= 0.3 is 0 Å². The summed E-state index contributed by atoms with van der Waals surface area (Å²) in [5.41, 5.74) is 4.60. The molecule has 5 atom stereocenters. The van der Waals surface area contributed by atoms with Crippen LogP contribution >= 0.6 is 0 Å². The second-order valence-corrected chi connectivity index (χ2v) is 15.3. The molecule has 2 aliphatic carbocycles. The van der Waals surface area contributed by atoms with Gasteiger partial charge in [0.1, 0.15) is 11.2 Å². The Morgan fingerprint density at radius 3 is 1.77 bits per heavy atom. The highest BCUT2D eigenvalue weighted by molar-refractivity contribution is 5.37. The Hall–Kier alpha value is -2.72. The summed E-state index contributed by atoms with van der Waals surface area (Å²) in [4.78, 5) is 0. The van der Waals surface area contributed by atoms with Crippen molar-refractivity contribution in [3.05, 3.63) is 119 Å². The molecule has 2 fully saturated rings. The number of fused-ring (bicyclic) bond motifs is 1. The molecule has 0 unspecified atom stereocenters. The third-order valence-electron chi connectivity index (χ3n) is 9.59. The zero-order valence-corrected chi connectivity index (χ0v) is 29.2. The van der Waals surface area contributed by atoms with E-state index in [0.717, 1.165) is 12.8 Å². The average molecular weight is 599 g/mol. The van der Waals surface area contributed by atoms with Crippen molar-refractivity contribution in [1.82, 2.24) is 0 Å². The second kappa shape index (κ2) is 13.7. The fourth-order valence-corrected chi connectivity index (χ4v) is 7.60. The van der Waals surface area contributed by atoms with Gasteiger partial charge in [-0.25, -0.2) is 0 Å². The first-order valence-electron chi connectivity index (χ1n) is 16.2. The highest BCUT2D eigenvalue weighted by atomic mass is 16.6. The Labute approximate surface area is 268 Å². The monoisotopic (exact) mass is 598 g/mol. The predicted octanol–water partition coefficient (Wildman–Crippen LogP) is 10.0. The van der Waals surface area contributed by atoms with Crippen molar-refractivity contribution in [2.24, 2.45) is 16.7 Å². The molecule has 1 aliphatic heterocycles. The Kier molecular flexibility index (Phi) is 11.2. The molecule has 3 nitrogen and oxygen atoms in total. The van der Waals surface area contributed by atoms with Crippen molar-refractivity contribution in [2.75, 3.05) is 0 Å².